The van der Waals surface area contributed by atoms with Crippen molar-refractivity contribution in [2.45, 2.75) is 38.1 Å². The first kappa shape index (κ1) is 12.3. The Morgan fingerprint density at radius 3 is 2.86 bits per heavy atom. The standard InChI is InChI=1S/C11H23NOS/c1-13-7-3-8-14-9-6-10-4-2-5-11(10)12/h10-11H,2-9,12H2,1H3. The normalized spacial score (nSPS) is 27.0. The Kier molecular flexibility index (Phi) is 6.65. The molecular weight excluding hydrogens is 194 g/mol. The van der Waals surface area contributed by atoms with Gasteiger partial charge in [-0.05, 0) is 43.1 Å². The fraction of sp³-hybridized carbons (Fsp3) is 1.00. The van der Waals surface area contributed by atoms with Crippen LogP contribution in [-0.2, 0) is 4.74 Å². The summed E-state index contributed by atoms with van der Waals surface area (Å²) in [5, 5.41) is 0. The summed E-state index contributed by atoms with van der Waals surface area (Å²) >= 11 is 2.05. The van der Waals surface area contributed by atoms with Gasteiger partial charge in [0.05, 0.1) is 0 Å². The van der Waals surface area contributed by atoms with Gasteiger partial charge in [0.15, 0.2) is 0 Å². The fourth-order valence-corrected chi connectivity index (χ4v) is 3.06. The van der Waals surface area contributed by atoms with E-state index in [0.29, 0.717) is 6.04 Å². The second kappa shape index (κ2) is 7.55. The average molecular weight is 217 g/mol. The molecular formula is C11H23NOS. The average Bonchev–Trinajstić information content (AvgIpc) is 2.58. The van der Waals surface area contributed by atoms with Gasteiger partial charge in [-0.15, -0.1) is 0 Å². The highest BCUT2D eigenvalue weighted by atomic mass is 32.2. The molecule has 0 bridgehead atoms. The molecule has 0 aliphatic heterocycles. The van der Waals surface area contributed by atoms with Gasteiger partial charge in [-0.25, -0.2) is 0 Å². The summed E-state index contributed by atoms with van der Waals surface area (Å²) in [5.74, 6) is 3.32. The van der Waals surface area contributed by atoms with Crippen LogP contribution in [0.5, 0.6) is 0 Å². The minimum absolute atomic E-state index is 0.495. The van der Waals surface area contributed by atoms with Crippen molar-refractivity contribution in [2.24, 2.45) is 11.7 Å². The van der Waals surface area contributed by atoms with E-state index >= 15 is 0 Å². The van der Waals surface area contributed by atoms with E-state index in [-0.39, 0.29) is 0 Å². The maximum Gasteiger partial charge on any atom is 0.0470 e. The number of methoxy groups -OCH3 is 1. The van der Waals surface area contributed by atoms with Crippen molar-refractivity contribution in [1.82, 2.24) is 0 Å². The number of thioether (sulfide) groups is 1. The summed E-state index contributed by atoms with van der Waals surface area (Å²) in [7, 11) is 1.77. The van der Waals surface area contributed by atoms with Crippen LogP contribution < -0.4 is 5.73 Å². The maximum atomic E-state index is 6.01. The maximum absolute atomic E-state index is 6.01. The molecule has 1 fully saturated rings. The third kappa shape index (κ3) is 4.67. The monoisotopic (exact) mass is 217 g/mol. The van der Waals surface area contributed by atoms with Crippen LogP contribution in [0, 0.1) is 5.92 Å². The Balaban J connectivity index is 1.88. The molecule has 2 N–H and O–H groups in total. The second-order valence-electron chi connectivity index (χ2n) is 4.10. The molecule has 1 saturated carbocycles. The van der Waals surface area contributed by atoms with Gasteiger partial charge in [-0.1, -0.05) is 6.42 Å². The quantitative estimate of drug-likeness (QED) is 0.664. The van der Waals surface area contributed by atoms with Crippen molar-refractivity contribution < 1.29 is 4.74 Å². The van der Waals surface area contributed by atoms with Crippen LogP contribution in [0.25, 0.3) is 0 Å². The number of ether oxygens (including phenoxy) is 1. The van der Waals surface area contributed by atoms with Crippen LogP contribution in [0.4, 0.5) is 0 Å². The van der Waals surface area contributed by atoms with Crippen molar-refractivity contribution in [2.75, 3.05) is 25.2 Å². The second-order valence-corrected chi connectivity index (χ2v) is 5.33. The lowest BCUT2D eigenvalue weighted by molar-refractivity contribution is 0.200. The summed E-state index contributed by atoms with van der Waals surface area (Å²) in [4.78, 5) is 0. The van der Waals surface area contributed by atoms with Crippen LogP contribution in [0.2, 0.25) is 0 Å². The van der Waals surface area contributed by atoms with E-state index in [4.69, 9.17) is 10.5 Å². The number of rotatable bonds is 7. The predicted molar refractivity (Wildman–Crippen MR) is 63.8 cm³/mol. The molecule has 0 aromatic rings. The van der Waals surface area contributed by atoms with Crippen LogP contribution in [-0.4, -0.2) is 31.3 Å². The van der Waals surface area contributed by atoms with Gasteiger partial charge in [0.1, 0.15) is 0 Å². The fourth-order valence-electron chi connectivity index (χ4n) is 2.07. The van der Waals surface area contributed by atoms with Gasteiger partial charge in [0.25, 0.3) is 0 Å². The number of hydrogen-bond donors (Lipinski definition) is 1. The van der Waals surface area contributed by atoms with Gasteiger partial charge in [-0.3, -0.25) is 0 Å². The summed E-state index contributed by atoms with van der Waals surface area (Å²) in [6.07, 6.45) is 6.45. The first-order valence-electron chi connectivity index (χ1n) is 5.67. The Bertz CT molecular complexity index is 143. The van der Waals surface area contributed by atoms with Gasteiger partial charge in [0, 0.05) is 19.8 Å². The predicted octanol–water partition coefficient (Wildman–Crippen LogP) is 2.27. The zero-order valence-electron chi connectivity index (χ0n) is 9.21. The molecule has 0 aromatic carbocycles. The zero-order valence-corrected chi connectivity index (χ0v) is 10.0. The topological polar surface area (TPSA) is 35.2 Å². The molecule has 0 aromatic heterocycles. The van der Waals surface area contributed by atoms with Crippen LogP contribution in [0.15, 0.2) is 0 Å². The molecule has 0 saturated heterocycles. The van der Waals surface area contributed by atoms with E-state index in [0.717, 1.165) is 12.5 Å². The number of nitrogens with two attached hydrogens (primary N) is 1. The molecule has 84 valence electrons. The highest BCUT2D eigenvalue weighted by molar-refractivity contribution is 7.99. The van der Waals surface area contributed by atoms with E-state index in [1.807, 2.05) is 11.8 Å². The Morgan fingerprint density at radius 1 is 1.36 bits per heavy atom. The smallest absolute Gasteiger partial charge is 0.0470 e. The van der Waals surface area contributed by atoms with Crippen LogP contribution >= 0.6 is 11.8 Å². The summed E-state index contributed by atoms with van der Waals surface area (Å²) < 4.78 is 5.01. The summed E-state index contributed by atoms with van der Waals surface area (Å²) in [6, 6.07) is 0.495. The molecule has 1 aliphatic carbocycles. The van der Waals surface area contributed by atoms with Crippen molar-refractivity contribution in [3.05, 3.63) is 0 Å². The lowest BCUT2D eigenvalue weighted by Gasteiger charge is -2.14. The van der Waals surface area contributed by atoms with Gasteiger partial charge in [-0.2, -0.15) is 11.8 Å². The Labute approximate surface area is 92.0 Å². The molecule has 3 heteroatoms. The minimum Gasteiger partial charge on any atom is -0.385 e. The van der Waals surface area contributed by atoms with Crippen LogP contribution in [0.3, 0.4) is 0 Å². The van der Waals surface area contributed by atoms with Gasteiger partial charge < -0.3 is 10.5 Å². The van der Waals surface area contributed by atoms with Crippen molar-refractivity contribution in [3.8, 4) is 0 Å². The third-order valence-corrected chi connectivity index (χ3v) is 4.09. The molecule has 0 spiro atoms. The van der Waals surface area contributed by atoms with E-state index in [1.165, 1.54) is 43.6 Å². The molecule has 1 aliphatic rings. The van der Waals surface area contributed by atoms with E-state index in [1.54, 1.807) is 7.11 Å². The molecule has 2 unspecified atom stereocenters. The highest BCUT2D eigenvalue weighted by Crippen LogP contribution is 2.27. The third-order valence-electron chi connectivity index (χ3n) is 2.99. The lowest BCUT2D eigenvalue weighted by Crippen LogP contribution is -2.24. The first-order chi connectivity index (χ1) is 6.84. The highest BCUT2D eigenvalue weighted by Gasteiger charge is 2.22. The molecule has 0 heterocycles. The van der Waals surface area contributed by atoms with Crippen molar-refractivity contribution >= 4 is 11.8 Å². The van der Waals surface area contributed by atoms with Gasteiger partial charge >= 0.3 is 0 Å². The number of hydrogen-bond acceptors (Lipinski definition) is 3. The van der Waals surface area contributed by atoms with Gasteiger partial charge in [0.2, 0.25) is 0 Å². The molecule has 0 radical (unpaired) electrons. The molecule has 1 rings (SSSR count). The SMILES string of the molecule is COCCCSCCC1CCCC1N. The van der Waals surface area contributed by atoms with Crippen molar-refractivity contribution in [3.63, 3.8) is 0 Å². The molecule has 14 heavy (non-hydrogen) atoms. The van der Waals surface area contributed by atoms with E-state index in [9.17, 15) is 0 Å². The first-order valence-corrected chi connectivity index (χ1v) is 6.82. The zero-order chi connectivity index (χ0) is 10.2. The Morgan fingerprint density at radius 2 is 2.21 bits per heavy atom. The summed E-state index contributed by atoms with van der Waals surface area (Å²) in [5.41, 5.74) is 6.01. The lowest BCUT2D eigenvalue weighted by atomic mass is 10.0. The minimum atomic E-state index is 0.495. The molecule has 0 amide bonds. The van der Waals surface area contributed by atoms with Crippen LogP contribution in [0.1, 0.15) is 32.1 Å². The summed E-state index contributed by atoms with van der Waals surface area (Å²) in [6.45, 7) is 0.899. The van der Waals surface area contributed by atoms with E-state index in [2.05, 4.69) is 0 Å². The Hall–Kier alpha value is 0.270. The van der Waals surface area contributed by atoms with E-state index < -0.39 is 0 Å². The van der Waals surface area contributed by atoms with Crippen molar-refractivity contribution in [1.29, 1.82) is 0 Å². The molecule has 2 nitrogen and oxygen atoms in total. The molecule has 2 atom stereocenters. The largest absolute Gasteiger partial charge is 0.385 e.